The fourth-order valence-corrected chi connectivity index (χ4v) is 2.19. The summed E-state index contributed by atoms with van der Waals surface area (Å²) in [5.41, 5.74) is 4.10. The highest BCUT2D eigenvalue weighted by Crippen LogP contribution is 2.15. The van der Waals surface area contributed by atoms with Gasteiger partial charge in [0.05, 0.1) is 0 Å². The lowest BCUT2D eigenvalue weighted by Crippen LogP contribution is -2.14. The van der Waals surface area contributed by atoms with E-state index >= 15 is 0 Å². The Kier molecular flexibility index (Phi) is 6.07. The van der Waals surface area contributed by atoms with Gasteiger partial charge in [-0.25, -0.2) is 4.74 Å². The minimum atomic E-state index is 0.0366. The van der Waals surface area contributed by atoms with Gasteiger partial charge in [0.15, 0.2) is 12.3 Å². The van der Waals surface area contributed by atoms with Crippen LogP contribution in [0.5, 0.6) is 0 Å². The lowest BCUT2D eigenvalue weighted by atomic mass is 9.97. The summed E-state index contributed by atoms with van der Waals surface area (Å²) in [5, 5.41) is 11.5. The van der Waals surface area contributed by atoms with Crippen LogP contribution in [-0.2, 0) is 12.8 Å². The van der Waals surface area contributed by atoms with Gasteiger partial charge in [-0.3, -0.25) is 0 Å². The van der Waals surface area contributed by atoms with Crippen LogP contribution >= 0.6 is 0 Å². The summed E-state index contributed by atoms with van der Waals surface area (Å²) in [6.45, 7) is 10.5. The molecule has 0 saturated carbocycles. The minimum Gasteiger partial charge on any atom is -0.624 e. The topological polar surface area (TPSA) is 26.1 Å². The van der Waals surface area contributed by atoms with E-state index in [-0.39, 0.29) is 6.04 Å². The van der Waals surface area contributed by atoms with E-state index in [4.69, 9.17) is 0 Å². The van der Waals surface area contributed by atoms with Gasteiger partial charge in [0, 0.05) is 6.42 Å². The molecule has 0 unspecified atom stereocenters. The highest BCUT2D eigenvalue weighted by molar-refractivity contribution is 5.52. The number of rotatable bonds is 6. The molecule has 2 heteroatoms. The molecule has 1 aromatic carbocycles. The summed E-state index contributed by atoms with van der Waals surface area (Å²) >= 11 is 0. The van der Waals surface area contributed by atoms with Gasteiger partial charge in [-0.15, -0.1) is 0 Å². The summed E-state index contributed by atoms with van der Waals surface area (Å²) in [7, 11) is 0. The Morgan fingerprint density at radius 1 is 1.21 bits per heavy atom. The maximum absolute atomic E-state index is 11.5. The second-order valence-electron chi connectivity index (χ2n) is 6.03. The Hall–Kier alpha value is -1.31. The van der Waals surface area contributed by atoms with Crippen molar-refractivity contribution in [3.8, 4) is 0 Å². The summed E-state index contributed by atoms with van der Waals surface area (Å²) in [4.78, 5) is 0. The molecule has 0 spiro atoms. The second kappa shape index (κ2) is 7.32. The molecule has 0 radical (unpaired) electrons. The zero-order valence-corrected chi connectivity index (χ0v) is 12.9. The molecule has 0 aliphatic heterocycles. The van der Waals surface area contributed by atoms with E-state index in [9.17, 15) is 5.21 Å². The number of hydrogen-bond donors (Lipinski definition) is 0. The van der Waals surface area contributed by atoms with E-state index in [1.54, 1.807) is 6.21 Å². The molecule has 106 valence electrons. The largest absolute Gasteiger partial charge is 0.624 e. The molecule has 0 atom stereocenters. The van der Waals surface area contributed by atoms with Crippen LogP contribution in [0.25, 0.3) is 0 Å². The van der Waals surface area contributed by atoms with Crippen LogP contribution in [0.2, 0.25) is 0 Å². The standard InChI is InChI=1S/C17H27NO/c1-13(2)11-16-8-9-17(15(5)12-16)7-6-10-18(19)14(3)4/h8-10,12-14H,6-7,11H2,1-5H3. The normalized spacial score (nSPS) is 12.5. The van der Waals surface area contributed by atoms with Crippen LogP contribution in [0, 0.1) is 18.0 Å². The molecule has 0 aromatic heterocycles. The summed E-state index contributed by atoms with van der Waals surface area (Å²) in [6, 6.07) is 6.76. The van der Waals surface area contributed by atoms with Crippen molar-refractivity contribution in [2.75, 3.05) is 0 Å². The van der Waals surface area contributed by atoms with Gasteiger partial charge >= 0.3 is 0 Å². The third kappa shape index (κ3) is 5.46. The quantitative estimate of drug-likeness (QED) is 0.327. The maximum atomic E-state index is 11.5. The maximum Gasteiger partial charge on any atom is 0.157 e. The van der Waals surface area contributed by atoms with Crippen molar-refractivity contribution < 1.29 is 4.74 Å². The second-order valence-corrected chi connectivity index (χ2v) is 6.03. The molecule has 2 nitrogen and oxygen atoms in total. The molecule has 0 aliphatic carbocycles. The number of benzene rings is 1. The van der Waals surface area contributed by atoms with Gasteiger partial charge in [0.1, 0.15) is 0 Å². The van der Waals surface area contributed by atoms with Gasteiger partial charge < -0.3 is 5.21 Å². The predicted octanol–water partition coefficient (Wildman–Crippen LogP) is 4.12. The van der Waals surface area contributed by atoms with Crippen LogP contribution in [0.1, 0.15) is 50.8 Å². The molecule has 0 bridgehead atoms. The average Bonchev–Trinajstić information content (AvgIpc) is 2.30. The first-order valence-electron chi connectivity index (χ1n) is 7.27. The predicted molar refractivity (Wildman–Crippen MR) is 82.9 cm³/mol. The molecule has 0 aliphatic rings. The Morgan fingerprint density at radius 2 is 1.89 bits per heavy atom. The van der Waals surface area contributed by atoms with Crippen molar-refractivity contribution in [1.82, 2.24) is 0 Å². The fourth-order valence-electron chi connectivity index (χ4n) is 2.19. The van der Waals surface area contributed by atoms with Crippen molar-refractivity contribution in [2.45, 2.75) is 59.9 Å². The van der Waals surface area contributed by atoms with E-state index in [2.05, 4.69) is 39.0 Å². The molecule has 19 heavy (non-hydrogen) atoms. The molecular weight excluding hydrogens is 234 g/mol. The average molecular weight is 261 g/mol. The Morgan fingerprint density at radius 3 is 2.42 bits per heavy atom. The lowest BCUT2D eigenvalue weighted by molar-refractivity contribution is -0.488. The van der Waals surface area contributed by atoms with Gasteiger partial charge in [-0.05, 0) is 56.2 Å². The van der Waals surface area contributed by atoms with Crippen LogP contribution in [0.3, 0.4) is 0 Å². The van der Waals surface area contributed by atoms with E-state index < -0.39 is 0 Å². The van der Waals surface area contributed by atoms with Crippen LogP contribution in [0.4, 0.5) is 0 Å². The minimum absolute atomic E-state index is 0.0366. The summed E-state index contributed by atoms with van der Waals surface area (Å²) in [6.07, 6.45) is 4.65. The number of hydrogen-bond acceptors (Lipinski definition) is 1. The first kappa shape index (κ1) is 15.7. The van der Waals surface area contributed by atoms with Crippen molar-refractivity contribution >= 4 is 6.21 Å². The monoisotopic (exact) mass is 261 g/mol. The lowest BCUT2D eigenvalue weighted by Gasteiger charge is -2.10. The Bertz CT molecular complexity index is 433. The number of hydroxylamine groups is 1. The zero-order chi connectivity index (χ0) is 14.4. The molecule has 0 saturated heterocycles. The molecule has 1 aromatic rings. The van der Waals surface area contributed by atoms with E-state index in [1.165, 1.54) is 16.7 Å². The molecule has 0 amide bonds. The van der Waals surface area contributed by atoms with E-state index in [0.29, 0.717) is 5.92 Å². The first-order chi connectivity index (χ1) is 8.90. The molecule has 1 rings (SSSR count). The molecular formula is C17H27NO. The molecule has 0 heterocycles. The van der Waals surface area contributed by atoms with Crippen molar-refractivity contribution in [3.05, 3.63) is 40.1 Å². The Balaban J connectivity index is 2.63. The van der Waals surface area contributed by atoms with Crippen molar-refractivity contribution in [3.63, 3.8) is 0 Å². The van der Waals surface area contributed by atoms with Crippen molar-refractivity contribution in [1.29, 1.82) is 0 Å². The van der Waals surface area contributed by atoms with Gasteiger partial charge in [-0.1, -0.05) is 32.0 Å². The first-order valence-corrected chi connectivity index (χ1v) is 7.27. The van der Waals surface area contributed by atoms with Crippen LogP contribution < -0.4 is 0 Å². The Labute approximate surface area is 117 Å². The fraction of sp³-hybridized carbons (Fsp3) is 0.588. The SMILES string of the molecule is Cc1cc(CC(C)C)ccc1CCC=[N+]([O-])C(C)C. The van der Waals surface area contributed by atoms with Gasteiger partial charge in [-0.2, -0.15) is 0 Å². The summed E-state index contributed by atoms with van der Waals surface area (Å²) < 4.78 is 1.04. The van der Waals surface area contributed by atoms with Crippen LogP contribution in [-0.4, -0.2) is 17.0 Å². The molecule has 0 fully saturated rings. The smallest absolute Gasteiger partial charge is 0.157 e. The van der Waals surface area contributed by atoms with Gasteiger partial charge in [0.2, 0.25) is 0 Å². The van der Waals surface area contributed by atoms with Crippen molar-refractivity contribution in [2.24, 2.45) is 5.92 Å². The highest BCUT2D eigenvalue weighted by atomic mass is 16.5. The highest BCUT2D eigenvalue weighted by Gasteiger charge is 2.04. The zero-order valence-electron chi connectivity index (χ0n) is 12.9. The third-order valence-corrected chi connectivity index (χ3v) is 3.28. The number of aryl methyl sites for hydroxylation is 2. The van der Waals surface area contributed by atoms with Crippen LogP contribution in [0.15, 0.2) is 18.2 Å². The third-order valence-electron chi connectivity index (χ3n) is 3.28. The molecule has 0 N–H and O–H groups in total. The van der Waals surface area contributed by atoms with Gasteiger partial charge in [0.25, 0.3) is 0 Å². The van der Waals surface area contributed by atoms with E-state index in [0.717, 1.165) is 24.0 Å². The van der Waals surface area contributed by atoms with E-state index in [1.807, 2.05) is 13.8 Å². The summed E-state index contributed by atoms with van der Waals surface area (Å²) in [5.74, 6) is 0.693. The number of nitrogens with zero attached hydrogens (tertiary/aromatic N) is 1.